The number of hydrogen-bond donors (Lipinski definition) is 2. The van der Waals surface area contributed by atoms with E-state index in [4.69, 9.17) is 4.74 Å². The molecular weight excluding hydrogens is 264 g/mol. The Balaban J connectivity index is 2.43. The minimum atomic E-state index is -3.58. The van der Waals surface area contributed by atoms with Crippen LogP contribution >= 0.6 is 0 Å². The number of amides is 2. The van der Waals surface area contributed by atoms with E-state index in [2.05, 4.69) is 14.8 Å². The molecular formula is C9H16N2O6S. The average Bonchev–Trinajstić information content (AvgIpc) is 2.54. The Morgan fingerprint density at radius 2 is 2.22 bits per heavy atom. The van der Waals surface area contributed by atoms with Crippen LogP contribution in [0.4, 0.5) is 4.79 Å². The molecule has 18 heavy (non-hydrogen) atoms. The van der Waals surface area contributed by atoms with Gasteiger partial charge in [0.05, 0.1) is 12.3 Å². The van der Waals surface area contributed by atoms with Crippen molar-refractivity contribution in [2.75, 3.05) is 19.4 Å². The molecule has 1 rings (SSSR count). The van der Waals surface area contributed by atoms with Crippen molar-refractivity contribution in [1.29, 1.82) is 0 Å². The van der Waals surface area contributed by atoms with Gasteiger partial charge in [0.15, 0.2) is 0 Å². The van der Waals surface area contributed by atoms with Crippen LogP contribution in [-0.4, -0.2) is 52.0 Å². The van der Waals surface area contributed by atoms with Crippen LogP contribution in [0, 0.1) is 0 Å². The lowest BCUT2D eigenvalue weighted by Crippen LogP contribution is -2.38. The monoisotopic (exact) mass is 280 g/mol. The third kappa shape index (κ3) is 5.32. The maximum Gasteiger partial charge on any atom is 0.407 e. The smallest absolute Gasteiger partial charge is 0.407 e. The fraction of sp³-hybridized carbons (Fsp3) is 0.778. The van der Waals surface area contributed by atoms with Crippen molar-refractivity contribution >= 4 is 22.1 Å². The summed E-state index contributed by atoms with van der Waals surface area (Å²) in [5.41, 5.74) is 0. The summed E-state index contributed by atoms with van der Waals surface area (Å²) >= 11 is 0. The van der Waals surface area contributed by atoms with Gasteiger partial charge in [-0.2, -0.15) is 8.42 Å². The molecule has 0 aromatic carbocycles. The van der Waals surface area contributed by atoms with E-state index in [0.717, 1.165) is 6.26 Å². The highest BCUT2D eigenvalue weighted by molar-refractivity contribution is 7.85. The maximum atomic E-state index is 11.1. The lowest BCUT2D eigenvalue weighted by atomic mass is 10.1. The van der Waals surface area contributed by atoms with Crippen LogP contribution in [0.2, 0.25) is 0 Å². The van der Waals surface area contributed by atoms with Gasteiger partial charge in [-0.1, -0.05) is 0 Å². The van der Waals surface area contributed by atoms with Crippen LogP contribution in [0.3, 0.4) is 0 Å². The van der Waals surface area contributed by atoms with Crippen LogP contribution in [0.5, 0.6) is 0 Å². The predicted octanol–water partition coefficient (Wildman–Crippen LogP) is -1.03. The van der Waals surface area contributed by atoms with Crippen molar-refractivity contribution in [3.05, 3.63) is 0 Å². The Hall–Kier alpha value is -1.35. The van der Waals surface area contributed by atoms with Crippen molar-refractivity contribution in [3.8, 4) is 0 Å². The molecule has 2 N–H and O–H groups in total. The van der Waals surface area contributed by atoms with Gasteiger partial charge in [-0.3, -0.25) is 8.98 Å². The highest BCUT2D eigenvalue weighted by Gasteiger charge is 2.34. The second kappa shape index (κ2) is 6.01. The first-order chi connectivity index (χ1) is 8.28. The number of ether oxygens (including phenoxy) is 1. The number of carbonyl (C=O) groups is 2. The zero-order valence-corrected chi connectivity index (χ0v) is 11.0. The van der Waals surface area contributed by atoms with Gasteiger partial charge in [0, 0.05) is 13.5 Å². The zero-order chi connectivity index (χ0) is 13.8. The minimum Gasteiger partial charge on any atom is -0.442 e. The summed E-state index contributed by atoms with van der Waals surface area (Å²) in [6.07, 6.45) is 0.0537. The van der Waals surface area contributed by atoms with Gasteiger partial charge in [0.2, 0.25) is 5.91 Å². The van der Waals surface area contributed by atoms with E-state index in [0.29, 0.717) is 13.0 Å². The summed E-state index contributed by atoms with van der Waals surface area (Å²) in [5.74, 6) is -0.177. The third-order valence-corrected chi connectivity index (χ3v) is 2.85. The number of nitrogens with one attached hydrogen (secondary N) is 2. The summed E-state index contributed by atoms with van der Waals surface area (Å²) in [4.78, 5) is 21.7. The van der Waals surface area contributed by atoms with E-state index in [9.17, 15) is 18.0 Å². The molecule has 0 aliphatic carbocycles. The minimum absolute atomic E-state index is 0.177. The Morgan fingerprint density at radius 1 is 1.56 bits per heavy atom. The summed E-state index contributed by atoms with van der Waals surface area (Å²) in [7, 11) is -3.58. The molecule has 8 nitrogen and oxygen atoms in total. The summed E-state index contributed by atoms with van der Waals surface area (Å²) in [6, 6.07) is -0.383. The second-order valence-electron chi connectivity index (χ2n) is 3.95. The molecule has 1 aliphatic rings. The van der Waals surface area contributed by atoms with Crippen LogP contribution in [-0.2, 0) is 23.8 Å². The summed E-state index contributed by atoms with van der Waals surface area (Å²) < 4.78 is 31.1. The first-order valence-corrected chi connectivity index (χ1v) is 7.15. The first-order valence-electron chi connectivity index (χ1n) is 5.34. The SMILES string of the molecule is CC(=O)NCCC1NC(=O)OC1COS(C)(=O)=O. The van der Waals surface area contributed by atoms with Crippen molar-refractivity contribution < 1.29 is 26.9 Å². The topological polar surface area (TPSA) is 111 Å². The lowest BCUT2D eigenvalue weighted by Gasteiger charge is -2.16. The molecule has 0 saturated carbocycles. The largest absolute Gasteiger partial charge is 0.442 e. The fourth-order valence-corrected chi connectivity index (χ4v) is 1.88. The zero-order valence-electron chi connectivity index (χ0n) is 10.1. The molecule has 0 radical (unpaired) electrons. The molecule has 1 aliphatic heterocycles. The van der Waals surface area contributed by atoms with E-state index in [1.54, 1.807) is 0 Å². The number of hydrogen-bond acceptors (Lipinski definition) is 6. The van der Waals surface area contributed by atoms with Gasteiger partial charge in [0.1, 0.15) is 12.7 Å². The average molecular weight is 280 g/mol. The van der Waals surface area contributed by atoms with Gasteiger partial charge < -0.3 is 15.4 Å². The molecule has 2 amide bonds. The molecule has 1 heterocycles. The quantitative estimate of drug-likeness (QED) is 0.602. The second-order valence-corrected chi connectivity index (χ2v) is 5.60. The van der Waals surface area contributed by atoms with Crippen molar-refractivity contribution in [1.82, 2.24) is 10.6 Å². The number of cyclic esters (lactones) is 1. The maximum absolute atomic E-state index is 11.1. The number of alkyl carbamates (subject to hydrolysis) is 1. The van der Waals surface area contributed by atoms with E-state index in [1.165, 1.54) is 6.92 Å². The molecule has 0 bridgehead atoms. The highest BCUT2D eigenvalue weighted by Crippen LogP contribution is 2.13. The molecule has 0 spiro atoms. The molecule has 2 unspecified atom stereocenters. The Bertz CT molecular complexity index is 421. The molecule has 1 fully saturated rings. The van der Waals surface area contributed by atoms with Gasteiger partial charge in [0.25, 0.3) is 10.1 Å². The Kier molecular flexibility index (Phi) is 4.91. The summed E-state index contributed by atoms with van der Waals surface area (Å²) in [6.45, 7) is 1.51. The van der Waals surface area contributed by atoms with Crippen LogP contribution in [0.1, 0.15) is 13.3 Å². The predicted molar refractivity (Wildman–Crippen MR) is 61.3 cm³/mol. The molecule has 0 aromatic heterocycles. The normalized spacial score (nSPS) is 23.3. The highest BCUT2D eigenvalue weighted by atomic mass is 32.2. The van der Waals surface area contributed by atoms with E-state index < -0.39 is 22.3 Å². The standard InChI is InChI=1S/C9H16N2O6S/c1-6(12)10-4-3-7-8(17-9(13)11-7)5-16-18(2,14)15/h7-8H,3-5H2,1-2H3,(H,10,12)(H,11,13). The molecule has 9 heteroatoms. The van der Waals surface area contributed by atoms with Crippen molar-refractivity contribution in [3.63, 3.8) is 0 Å². The number of carbonyl (C=O) groups excluding carboxylic acids is 2. The molecule has 2 atom stereocenters. The van der Waals surface area contributed by atoms with Crippen LogP contribution in [0.15, 0.2) is 0 Å². The van der Waals surface area contributed by atoms with Gasteiger partial charge in [-0.25, -0.2) is 4.79 Å². The number of rotatable bonds is 6. The van der Waals surface area contributed by atoms with Crippen LogP contribution < -0.4 is 10.6 Å². The van der Waals surface area contributed by atoms with Crippen molar-refractivity contribution in [2.24, 2.45) is 0 Å². The molecule has 0 aromatic rings. The third-order valence-electron chi connectivity index (χ3n) is 2.29. The van der Waals surface area contributed by atoms with Gasteiger partial charge >= 0.3 is 6.09 Å². The lowest BCUT2D eigenvalue weighted by molar-refractivity contribution is -0.119. The van der Waals surface area contributed by atoms with E-state index in [-0.39, 0.29) is 18.6 Å². The molecule has 104 valence electrons. The molecule has 1 saturated heterocycles. The Labute approximate surface area is 105 Å². The van der Waals surface area contributed by atoms with Crippen LogP contribution in [0.25, 0.3) is 0 Å². The Morgan fingerprint density at radius 3 is 2.78 bits per heavy atom. The van der Waals surface area contributed by atoms with E-state index in [1.807, 2.05) is 0 Å². The van der Waals surface area contributed by atoms with Gasteiger partial charge in [-0.05, 0) is 6.42 Å². The van der Waals surface area contributed by atoms with Crippen molar-refractivity contribution in [2.45, 2.75) is 25.5 Å². The van der Waals surface area contributed by atoms with E-state index >= 15 is 0 Å². The van der Waals surface area contributed by atoms with Gasteiger partial charge in [-0.15, -0.1) is 0 Å². The fourth-order valence-electron chi connectivity index (χ4n) is 1.50. The first kappa shape index (κ1) is 14.7. The summed E-state index contributed by atoms with van der Waals surface area (Å²) in [5, 5.41) is 5.10.